The van der Waals surface area contributed by atoms with Crippen LogP contribution in [-0.4, -0.2) is 40.5 Å². The number of nitrogens with zero attached hydrogens (tertiary/aromatic N) is 1. The lowest BCUT2D eigenvalue weighted by molar-refractivity contribution is -0.151. The summed E-state index contributed by atoms with van der Waals surface area (Å²) in [6, 6.07) is -1.39. The Hall–Kier alpha value is -1.36. The Labute approximate surface area is 144 Å². The van der Waals surface area contributed by atoms with Gasteiger partial charge < -0.3 is 15.7 Å². The average Bonchev–Trinajstić information content (AvgIpc) is 3.29. The van der Waals surface area contributed by atoms with Crippen LogP contribution in [-0.2, 0) is 9.59 Å². The molecule has 5 nitrogen and oxygen atoms in total. The van der Waals surface area contributed by atoms with E-state index in [1.54, 1.807) is 4.90 Å². The van der Waals surface area contributed by atoms with Gasteiger partial charge in [-0.15, -0.1) is 0 Å². The van der Waals surface area contributed by atoms with Gasteiger partial charge in [-0.1, -0.05) is 39.8 Å². The van der Waals surface area contributed by atoms with Gasteiger partial charge in [0, 0.05) is 12.5 Å². The van der Waals surface area contributed by atoms with E-state index < -0.39 is 18.1 Å². The average molecular weight is 334 g/mol. The highest BCUT2D eigenvalue weighted by atomic mass is 16.4. The van der Waals surface area contributed by atoms with E-state index in [4.69, 9.17) is 5.73 Å². The van der Waals surface area contributed by atoms with Crippen LogP contribution in [0.2, 0.25) is 0 Å². The van der Waals surface area contributed by atoms with Crippen molar-refractivity contribution < 1.29 is 14.7 Å². The highest BCUT2D eigenvalue weighted by molar-refractivity contribution is 5.88. The molecule has 0 bridgehead atoms. The zero-order valence-corrected chi connectivity index (χ0v) is 15.1. The van der Waals surface area contributed by atoms with Gasteiger partial charge in [0.15, 0.2) is 0 Å². The Morgan fingerprint density at radius 1 is 1.21 bits per heavy atom. The Bertz CT molecular complexity index is 567. The second-order valence-electron chi connectivity index (χ2n) is 8.69. The topological polar surface area (TPSA) is 83.6 Å². The molecule has 2 fully saturated rings. The lowest BCUT2D eigenvalue weighted by atomic mass is 9.71. The molecule has 3 rings (SSSR count). The van der Waals surface area contributed by atoms with Gasteiger partial charge >= 0.3 is 5.97 Å². The zero-order valence-electron chi connectivity index (χ0n) is 15.1. The maximum absolute atomic E-state index is 13.1. The highest BCUT2D eigenvalue weighted by Crippen LogP contribution is 2.48. The predicted molar refractivity (Wildman–Crippen MR) is 92.1 cm³/mol. The van der Waals surface area contributed by atoms with E-state index in [1.807, 2.05) is 13.8 Å². The molecule has 1 saturated carbocycles. The van der Waals surface area contributed by atoms with E-state index in [0.29, 0.717) is 18.4 Å². The van der Waals surface area contributed by atoms with Gasteiger partial charge in [-0.2, -0.15) is 0 Å². The summed E-state index contributed by atoms with van der Waals surface area (Å²) in [5.41, 5.74) is 6.06. The van der Waals surface area contributed by atoms with Crippen LogP contribution in [0.1, 0.15) is 40.5 Å². The van der Waals surface area contributed by atoms with Crippen LogP contribution < -0.4 is 5.73 Å². The molecule has 0 radical (unpaired) electrons. The van der Waals surface area contributed by atoms with Crippen molar-refractivity contribution in [2.45, 2.75) is 52.6 Å². The lowest BCUT2D eigenvalue weighted by Gasteiger charge is -2.36. The van der Waals surface area contributed by atoms with E-state index in [9.17, 15) is 14.7 Å². The maximum atomic E-state index is 13.1. The molecule has 0 aromatic heterocycles. The van der Waals surface area contributed by atoms with Crippen LogP contribution in [0.5, 0.6) is 0 Å². The molecule has 24 heavy (non-hydrogen) atoms. The summed E-state index contributed by atoms with van der Waals surface area (Å²) in [6.45, 7) is 8.75. The number of fused-ring (bicyclic) bond motifs is 1. The SMILES string of the molecule is C[C@@H]1C=C[C@H](C)[C@H]2CN(C(=O)[C@@H](N)C(C)(C)C3CC3)[C@H](C(=O)O)[C@H]21. The Balaban J connectivity index is 1.87. The van der Waals surface area contributed by atoms with Crippen molar-refractivity contribution in [3.8, 4) is 0 Å². The minimum atomic E-state index is -0.901. The van der Waals surface area contributed by atoms with Crippen LogP contribution >= 0.6 is 0 Å². The van der Waals surface area contributed by atoms with Crippen molar-refractivity contribution in [3.05, 3.63) is 12.2 Å². The summed E-state index contributed by atoms with van der Waals surface area (Å²) in [7, 11) is 0. The molecule has 134 valence electrons. The summed E-state index contributed by atoms with van der Waals surface area (Å²) in [5.74, 6) is 0.0177. The third-order valence-electron chi connectivity index (χ3n) is 6.84. The lowest BCUT2D eigenvalue weighted by Crippen LogP contribution is -2.55. The number of carboxylic acid groups (broad SMARTS) is 1. The molecule has 2 aliphatic carbocycles. The second kappa shape index (κ2) is 5.87. The quantitative estimate of drug-likeness (QED) is 0.771. The minimum absolute atomic E-state index is 0.0253. The molecular formula is C19H30N2O3. The third kappa shape index (κ3) is 2.67. The number of rotatable bonds is 4. The van der Waals surface area contributed by atoms with Crippen molar-refractivity contribution in [2.24, 2.45) is 40.7 Å². The van der Waals surface area contributed by atoms with Crippen molar-refractivity contribution in [2.75, 3.05) is 6.54 Å². The third-order valence-corrected chi connectivity index (χ3v) is 6.84. The molecule has 6 atom stereocenters. The number of carbonyl (C=O) groups excluding carboxylic acids is 1. The Morgan fingerprint density at radius 2 is 1.79 bits per heavy atom. The number of carboxylic acids is 1. The maximum Gasteiger partial charge on any atom is 0.326 e. The van der Waals surface area contributed by atoms with E-state index >= 15 is 0 Å². The summed E-state index contributed by atoms with van der Waals surface area (Å²) < 4.78 is 0. The van der Waals surface area contributed by atoms with E-state index in [0.717, 1.165) is 12.8 Å². The second-order valence-corrected chi connectivity index (χ2v) is 8.69. The molecule has 3 aliphatic rings. The summed E-state index contributed by atoms with van der Waals surface area (Å²) >= 11 is 0. The number of amides is 1. The first-order valence-electron chi connectivity index (χ1n) is 9.13. The first kappa shape index (κ1) is 17.5. The molecule has 0 unspecified atom stereocenters. The minimum Gasteiger partial charge on any atom is -0.480 e. The van der Waals surface area contributed by atoms with Crippen LogP contribution in [0.3, 0.4) is 0 Å². The first-order chi connectivity index (χ1) is 11.2. The smallest absolute Gasteiger partial charge is 0.326 e. The fraction of sp³-hybridized carbons (Fsp3) is 0.789. The molecule has 0 aromatic rings. The van der Waals surface area contributed by atoms with Gasteiger partial charge in [-0.3, -0.25) is 4.79 Å². The molecule has 1 heterocycles. The molecule has 0 aromatic carbocycles. The monoisotopic (exact) mass is 334 g/mol. The van der Waals surface area contributed by atoms with Crippen molar-refractivity contribution >= 4 is 11.9 Å². The number of nitrogens with two attached hydrogens (primary N) is 1. The van der Waals surface area contributed by atoms with Gasteiger partial charge in [-0.05, 0) is 41.9 Å². The van der Waals surface area contributed by atoms with E-state index in [-0.39, 0.29) is 29.1 Å². The molecule has 5 heteroatoms. The number of carbonyl (C=O) groups is 2. The summed E-state index contributed by atoms with van der Waals surface area (Å²) in [4.78, 5) is 26.7. The summed E-state index contributed by atoms with van der Waals surface area (Å²) in [5, 5.41) is 9.82. The number of likely N-dealkylation sites (tertiary alicyclic amines) is 1. The molecule has 1 aliphatic heterocycles. The standard InChI is InChI=1S/C19H30N2O3/c1-10-5-6-11(2)14-13(10)9-21(15(14)18(23)24)17(22)16(20)19(3,4)12-7-8-12/h5-6,10-16H,7-9,20H2,1-4H3,(H,23,24)/t10-,11+,13+,14-,15-,16+/m0/s1. The molecule has 1 saturated heterocycles. The van der Waals surface area contributed by atoms with Crippen molar-refractivity contribution in [3.63, 3.8) is 0 Å². The molecule has 3 N–H and O–H groups in total. The van der Waals surface area contributed by atoms with Gasteiger partial charge in [0.1, 0.15) is 6.04 Å². The Kier molecular flexibility index (Phi) is 4.27. The van der Waals surface area contributed by atoms with Crippen LogP contribution in [0.25, 0.3) is 0 Å². The highest BCUT2D eigenvalue weighted by Gasteiger charge is 2.54. The van der Waals surface area contributed by atoms with Crippen LogP contribution in [0.4, 0.5) is 0 Å². The van der Waals surface area contributed by atoms with E-state index in [2.05, 4.69) is 26.0 Å². The number of hydrogen-bond acceptors (Lipinski definition) is 3. The molecular weight excluding hydrogens is 304 g/mol. The van der Waals surface area contributed by atoms with Gasteiger partial charge in [-0.25, -0.2) is 4.79 Å². The molecule has 0 spiro atoms. The van der Waals surface area contributed by atoms with E-state index in [1.165, 1.54) is 0 Å². The largest absolute Gasteiger partial charge is 0.480 e. The number of allylic oxidation sites excluding steroid dienone is 2. The van der Waals surface area contributed by atoms with Crippen molar-refractivity contribution in [1.29, 1.82) is 0 Å². The number of aliphatic carboxylic acids is 1. The van der Waals surface area contributed by atoms with Crippen molar-refractivity contribution in [1.82, 2.24) is 4.90 Å². The van der Waals surface area contributed by atoms with Gasteiger partial charge in [0.2, 0.25) is 5.91 Å². The fourth-order valence-electron chi connectivity index (χ4n) is 4.82. The predicted octanol–water partition coefficient (Wildman–Crippen LogP) is 2.12. The van der Waals surface area contributed by atoms with Crippen LogP contribution in [0.15, 0.2) is 12.2 Å². The normalized spacial score (nSPS) is 37.2. The number of hydrogen-bond donors (Lipinski definition) is 2. The van der Waals surface area contributed by atoms with Crippen LogP contribution in [0, 0.1) is 35.0 Å². The fourth-order valence-corrected chi connectivity index (χ4v) is 4.82. The molecule has 1 amide bonds. The van der Waals surface area contributed by atoms with Gasteiger partial charge in [0.25, 0.3) is 0 Å². The Morgan fingerprint density at radius 3 is 2.33 bits per heavy atom. The zero-order chi connectivity index (χ0) is 17.8. The first-order valence-corrected chi connectivity index (χ1v) is 9.13. The summed E-state index contributed by atoms with van der Waals surface area (Å²) in [6.07, 6.45) is 6.48. The van der Waals surface area contributed by atoms with Gasteiger partial charge in [0.05, 0.1) is 6.04 Å².